The van der Waals surface area contributed by atoms with Gasteiger partial charge in [-0.3, -0.25) is 4.79 Å². The first kappa shape index (κ1) is 10.7. The third-order valence-electron chi connectivity index (χ3n) is 2.02. The van der Waals surface area contributed by atoms with E-state index < -0.39 is 0 Å². The Morgan fingerprint density at radius 2 is 2.00 bits per heavy atom. The third-order valence-corrected chi connectivity index (χ3v) is 2.02. The van der Waals surface area contributed by atoms with Crippen molar-refractivity contribution in [2.24, 2.45) is 0 Å². The summed E-state index contributed by atoms with van der Waals surface area (Å²) in [5, 5.41) is 11.1. The molecule has 0 aliphatic rings. The summed E-state index contributed by atoms with van der Waals surface area (Å²) in [6.07, 6.45) is 0.971. The number of aryl methyl sites for hydroxylation is 1. The topological polar surface area (TPSA) is 49.3 Å². The van der Waals surface area contributed by atoms with Crippen LogP contribution in [0.1, 0.15) is 22.8 Å². The Morgan fingerprint density at radius 3 is 2.50 bits per heavy atom. The lowest BCUT2D eigenvalue weighted by Gasteiger charge is -2.03. The first-order valence-electron chi connectivity index (χ1n) is 4.76. The van der Waals surface area contributed by atoms with Gasteiger partial charge in [0.05, 0.1) is 6.61 Å². The summed E-state index contributed by atoms with van der Waals surface area (Å²) in [6.45, 7) is 2.34. The van der Waals surface area contributed by atoms with Crippen molar-refractivity contribution in [1.82, 2.24) is 5.32 Å². The summed E-state index contributed by atoms with van der Waals surface area (Å²) in [7, 11) is 0. The zero-order valence-corrected chi connectivity index (χ0v) is 8.29. The predicted octanol–water partition coefficient (Wildman–Crippen LogP) is 0.971. The molecule has 3 nitrogen and oxygen atoms in total. The number of amides is 1. The Hall–Kier alpha value is -1.35. The summed E-state index contributed by atoms with van der Waals surface area (Å²) >= 11 is 0. The van der Waals surface area contributed by atoms with Crippen molar-refractivity contribution in [3.8, 4) is 0 Å². The highest BCUT2D eigenvalue weighted by Crippen LogP contribution is 2.04. The molecule has 0 fully saturated rings. The van der Waals surface area contributed by atoms with Crippen molar-refractivity contribution in [3.63, 3.8) is 0 Å². The van der Waals surface area contributed by atoms with E-state index >= 15 is 0 Å². The first-order valence-corrected chi connectivity index (χ1v) is 4.76. The second-order valence-electron chi connectivity index (χ2n) is 3.03. The number of aliphatic hydroxyl groups is 1. The summed E-state index contributed by atoms with van der Waals surface area (Å²) < 4.78 is 0. The molecule has 0 aromatic heterocycles. The molecule has 0 saturated carbocycles. The van der Waals surface area contributed by atoms with Gasteiger partial charge < -0.3 is 10.4 Å². The lowest BCUT2D eigenvalue weighted by atomic mass is 10.1. The molecule has 0 saturated heterocycles. The summed E-state index contributed by atoms with van der Waals surface area (Å²) in [4.78, 5) is 11.4. The molecular formula is C11H15NO2. The molecule has 1 amide bonds. The minimum absolute atomic E-state index is 0.0290. The van der Waals surface area contributed by atoms with Crippen molar-refractivity contribution in [3.05, 3.63) is 35.4 Å². The zero-order chi connectivity index (χ0) is 10.4. The Morgan fingerprint density at radius 1 is 1.36 bits per heavy atom. The number of nitrogens with one attached hydrogen (secondary N) is 1. The molecule has 0 aliphatic carbocycles. The molecule has 0 radical (unpaired) electrons. The average Bonchev–Trinajstić information content (AvgIpc) is 2.26. The van der Waals surface area contributed by atoms with Crippen molar-refractivity contribution in [2.75, 3.05) is 13.2 Å². The van der Waals surface area contributed by atoms with Gasteiger partial charge in [-0.05, 0) is 24.1 Å². The molecule has 2 N–H and O–H groups in total. The molecule has 3 heteroatoms. The number of benzene rings is 1. The largest absolute Gasteiger partial charge is 0.395 e. The highest BCUT2D eigenvalue weighted by atomic mass is 16.3. The van der Waals surface area contributed by atoms with Crippen LogP contribution >= 0.6 is 0 Å². The molecule has 0 bridgehead atoms. The van der Waals surface area contributed by atoms with Crippen molar-refractivity contribution in [2.45, 2.75) is 13.3 Å². The standard InChI is InChI=1S/C11H15NO2/c1-2-9-3-5-10(6-4-9)11(14)12-7-8-13/h3-6,13H,2,7-8H2,1H3,(H,12,14). The minimum Gasteiger partial charge on any atom is -0.395 e. The van der Waals surface area contributed by atoms with Crippen LogP contribution in [0.5, 0.6) is 0 Å². The smallest absolute Gasteiger partial charge is 0.251 e. The van der Waals surface area contributed by atoms with E-state index in [1.54, 1.807) is 12.1 Å². The third kappa shape index (κ3) is 2.85. The fourth-order valence-corrected chi connectivity index (χ4v) is 1.16. The van der Waals surface area contributed by atoms with E-state index in [-0.39, 0.29) is 12.5 Å². The van der Waals surface area contributed by atoms with Crippen molar-refractivity contribution < 1.29 is 9.90 Å². The Labute approximate surface area is 83.8 Å². The fraction of sp³-hybridized carbons (Fsp3) is 0.364. The summed E-state index contributed by atoms with van der Waals surface area (Å²) in [5.74, 6) is -0.137. The summed E-state index contributed by atoms with van der Waals surface area (Å²) in [5.41, 5.74) is 1.85. The number of hydrogen-bond acceptors (Lipinski definition) is 2. The van der Waals surface area contributed by atoms with E-state index in [1.807, 2.05) is 12.1 Å². The van der Waals surface area contributed by atoms with Gasteiger partial charge in [-0.1, -0.05) is 19.1 Å². The lowest BCUT2D eigenvalue weighted by molar-refractivity contribution is 0.0945. The van der Waals surface area contributed by atoms with E-state index in [4.69, 9.17) is 5.11 Å². The van der Waals surface area contributed by atoms with Gasteiger partial charge in [0, 0.05) is 12.1 Å². The average molecular weight is 193 g/mol. The number of hydrogen-bond donors (Lipinski definition) is 2. The second-order valence-corrected chi connectivity index (χ2v) is 3.03. The van der Waals surface area contributed by atoms with Crippen LogP contribution in [-0.2, 0) is 6.42 Å². The molecule has 1 aromatic rings. The van der Waals surface area contributed by atoms with Gasteiger partial charge in [0.2, 0.25) is 0 Å². The van der Waals surface area contributed by atoms with Gasteiger partial charge >= 0.3 is 0 Å². The first-order chi connectivity index (χ1) is 6.77. The maximum atomic E-state index is 11.4. The maximum absolute atomic E-state index is 11.4. The molecule has 0 aliphatic heterocycles. The number of carbonyl (C=O) groups is 1. The lowest BCUT2D eigenvalue weighted by Crippen LogP contribution is -2.26. The Balaban J connectivity index is 2.62. The van der Waals surface area contributed by atoms with Gasteiger partial charge in [-0.25, -0.2) is 0 Å². The van der Waals surface area contributed by atoms with E-state index in [2.05, 4.69) is 12.2 Å². The Kier molecular flexibility index (Phi) is 4.13. The SMILES string of the molecule is CCc1ccc(C(=O)NCCO)cc1. The maximum Gasteiger partial charge on any atom is 0.251 e. The molecule has 0 spiro atoms. The summed E-state index contributed by atoms with van der Waals surface area (Å²) in [6, 6.07) is 7.47. The minimum atomic E-state index is -0.137. The number of rotatable bonds is 4. The van der Waals surface area contributed by atoms with Crippen LogP contribution in [0.15, 0.2) is 24.3 Å². The van der Waals surface area contributed by atoms with Gasteiger partial charge in [-0.2, -0.15) is 0 Å². The monoisotopic (exact) mass is 193 g/mol. The Bertz CT molecular complexity index is 293. The fourth-order valence-electron chi connectivity index (χ4n) is 1.16. The van der Waals surface area contributed by atoms with Crippen LogP contribution in [-0.4, -0.2) is 24.2 Å². The molecule has 14 heavy (non-hydrogen) atoms. The molecular weight excluding hydrogens is 178 g/mol. The van der Waals surface area contributed by atoms with Crippen molar-refractivity contribution >= 4 is 5.91 Å². The van der Waals surface area contributed by atoms with Crippen LogP contribution < -0.4 is 5.32 Å². The molecule has 0 unspecified atom stereocenters. The van der Waals surface area contributed by atoms with Gasteiger partial charge in [0.25, 0.3) is 5.91 Å². The van der Waals surface area contributed by atoms with E-state index in [1.165, 1.54) is 5.56 Å². The molecule has 1 aromatic carbocycles. The quantitative estimate of drug-likeness (QED) is 0.748. The van der Waals surface area contributed by atoms with Crippen LogP contribution in [0.3, 0.4) is 0 Å². The van der Waals surface area contributed by atoms with E-state index in [0.29, 0.717) is 12.1 Å². The van der Waals surface area contributed by atoms with Crippen molar-refractivity contribution in [1.29, 1.82) is 0 Å². The zero-order valence-electron chi connectivity index (χ0n) is 8.29. The molecule has 0 heterocycles. The number of carbonyl (C=O) groups excluding carboxylic acids is 1. The van der Waals surface area contributed by atoms with Gasteiger partial charge in [0.1, 0.15) is 0 Å². The number of aliphatic hydroxyl groups excluding tert-OH is 1. The van der Waals surface area contributed by atoms with E-state index in [9.17, 15) is 4.79 Å². The highest BCUT2D eigenvalue weighted by Gasteiger charge is 2.02. The van der Waals surface area contributed by atoms with Crippen LogP contribution in [0.4, 0.5) is 0 Å². The normalized spacial score (nSPS) is 9.86. The molecule has 1 rings (SSSR count). The van der Waals surface area contributed by atoms with Crippen LogP contribution in [0.2, 0.25) is 0 Å². The van der Waals surface area contributed by atoms with Gasteiger partial charge in [-0.15, -0.1) is 0 Å². The van der Waals surface area contributed by atoms with Crippen LogP contribution in [0.25, 0.3) is 0 Å². The highest BCUT2D eigenvalue weighted by molar-refractivity contribution is 5.94. The second kappa shape index (κ2) is 5.40. The predicted molar refractivity (Wildman–Crippen MR) is 55.2 cm³/mol. The molecule has 0 atom stereocenters. The molecule has 76 valence electrons. The van der Waals surface area contributed by atoms with Crippen LogP contribution in [0, 0.1) is 0 Å². The van der Waals surface area contributed by atoms with E-state index in [0.717, 1.165) is 6.42 Å². The van der Waals surface area contributed by atoms with Gasteiger partial charge in [0.15, 0.2) is 0 Å².